The molecule has 0 aromatic carbocycles. The van der Waals surface area contributed by atoms with Crippen LogP contribution < -0.4 is 0 Å². The number of ether oxygens (including phenoxy) is 4. The lowest BCUT2D eigenvalue weighted by Gasteiger charge is -2.39. The summed E-state index contributed by atoms with van der Waals surface area (Å²) in [6.07, 6.45) is 30.1. The Balaban J connectivity index is 2.39. The first-order valence-electron chi connectivity index (χ1n) is 21.1. The van der Waals surface area contributed by atoms with E-state index in [1.54, 1.807) is 0 Å². The zero-order valence-corrected chi connectivity index (χ0v) is 33.3. The first kappa shape index (κ1) is 48.9. The zero-order valence-electron chi connectivity index (χ0n) is 33.3. The summed E-state index contributed by atoms with van der Waals surface area (Å²) in [5.41, 5.74) is 0. The fraction of sp³-hybridized carbons (Fsp3) is 0.814. The van der Waals surface area contributed by atoms with Gasteiger partial charge < -0.3 is 39.4 Å². The van der Waals surface area contributed by atoms with Crippen LogP contribution in [-0.4, -0.2) is 89.0 Å². The molecule has 1 saturated heterocycles. The number of aliphatic hydroxyl groups excluding tert-OH is 4. The predicted molar refractivity (Wildman–Crippen MR) is 210 cm³/mol. The second-order valence-corrected chi connectivity index (χ2v) is 14.4. The molecule has 0 aliphatic carbocycles. The topological polar surface area (TPSA) is 152 Å². The highest BCUT2D eigenvalue weighted by Crippen LogP contribution is 2.22. The van der Waals surface area contributed by atoms with Crippen molar-refractivity contribution in [2.75, 3.05) is 19.8 Å². The maximum absolute atomic E-state index is 12.7. The second kappa shape index (κ2) is 34.4. The van der Waals surface area contributed by atoms with Crippen LogP contribution in [0, 0.1) is 0 Å². The lowest BCUT2D eigenvalue weighted by Crippen LogP contribution is -2.59. The molecule has 1 heterocycles. The van der Waals surface area contributed by atoms with E-state index in [4.69, 9.17) is 18.9 Å². The van der Waals surface area contributed by atoms with Crippen LogP contribution in [-0.2, 0) is 28.5 Å². The van der Waals surface area contributed by atoms with E-state index < -0.39 is 55.4 Å². The number of carbonyl (C=O) groups is 2. The van der Waals surface area contributed by atoms with Crippen molar-refractivity contribution in [1.29, 1.82) is 0 Å². The van der Waals surface area contributed by atoms with Gasteiger partial charge in [0, 0.05) is 12.8 Å². The van der Waals surface area contributed by atoms with Crippen molar-refractivity contribution in [3.05, 3.63) is 36.5 Å². The Labute approximate surface area is 321 Å². The fourth-order valence-corrected chi connectivity index (χ4v) is 6.13. The summed E-state index contributed by atoms with van der Waals surface area (Å²) < 4.78 is 22.1. The van der Waals surface area contributed by atoms with Gasteiger partial charge in [-0.25, -0.2) is 0 Å². The van der Waals surface area contributed by atoms with E-state index in [1.165, 1.54) is 77.0 Å². The maximum Gasteiger partial charge on any atom is 0.306 e. The van der Waals surface area contributed by atoms with Crippen LogP contribution >= 0.6 is 0 Å². The van der Waals surface area contributed by atoms with Crippen molar-refractivity contribution in [2.45, 2.75) is 205 Å². The molecule has 2 unspecified atom stereocenters. The molecule has 1 rings (SSSR count). The highest BCUT2D eigenvalue weighted by molar-refractivity contribution is 5.70. The van der Waals surface area contributed by atoms with Crippen LogP contribution in [0.3, 0.4) is 0 Å². The molecule has 308 valence electrons. The number of allylic oxidation sites excluding steroid dienone is 6. The Kier molecular flexibility index (Phi) is 31.8. The number of hydrogen-bond acceptors (Lipinski definition) is 10. The van der Waals surface area contributed by atoms with Crippen molar-refractivity contribution in [1.82, 2.24) is 0 Å². The SMILES string of the molecule is CCCCC/C=C/C/C=C/C/C=C/CCCCC(=O)OC[C@@H](CO[C@H]1O[C@@H](CO)[C@@H](O)C(O)C1O)OC(=O)CCCCCCCCCCCCCCC. The van der Waals surface area contributed by atoms with E-state index in [-0.39, 0.29) is 26.1 Å². The summed E-state index contributed by atoms with van der Waals surface area (Å²) in [6.45, 7) is 3.34. The molecule has 0 amide bonds. The minimum atomic E-state index is -1.60. The molecule has 6 atom stereocenters. The molecule has 10 nitrogen and oxygen atoms in total. The molecule has 10 heteroatoms. The molecular weight excluding hydrogens is 676 g/mol. The van der Waals surface area contributed by atoms with Gasteiger partial charge in [0.15, 0.2) is 12.4 Å². The van der Waals surface area contributed by atoms with Gasteiger partial charge in [0.25, 0.3) is 0 Å². The minimum absolute atomic E-state index is 0.224. The normalized spacial score (nSPS) is 21.2. The summed E-state index contributed by atoms with van der Waals surface area (Å²) in [4.78, 5) is 25.2. The summed E-state index contributed by atoms with van der Waals surface area (Å²) in [5, 5.41) is 40.0. The fourth-order valence-electron chi connectivity index (χ4n) is 6.13. The van der Waals surface area contributed by atoms with Gasteiger partial charge in [0.05, 0.1) is 13.2 Å². The van der Waals surface area contributed by atoms with E-state index in [2.05, 4.69) is 50.3 Å². The van der Waals surface area contributed by atoms with Gasteiger partial charge in [0.2, 0.25) is 0 Å². The van der Waals surface area contributed by atoms with Gasteiger partial charge in [-0.1, -0.05) is 140 Å². The molecule has 1 aliphatic heterocycles. The Morgan fingerprint density at radius 2 is 1.06 bits per heavy atom. The second-order valence-electron chi connectivity index (χ2n) is 14.4. The summed E-state index contributed by atoms with van der Waals surface area (Å²) in [7, 11) is 0. The highest BCUT2D eigenvalue weighted by Gasteiger charge is 2.44. The summed E-state index contributed by atoms with van der Waals surface area (Å²) in [5.74, 6) is -0.850. The van der Waals surface area contributed by atoms with Gasteiger partial charge in [-0.2, -0.15) is 0 Å². The van der Waals surface area contributed by atoms with Crippen LogP contribution in [0.25, 0.3) is 0 Å². The lowest BCUT2D eigenvalue weighted by atomic mass is 9.99. The Bertz CT molecular complexity index is 965. The van der Waals surface area contributed by atoms with Gasteiger partial charge in [-0.15, -0.1) is 0 Å². The minimum Gasteiger partial charge on any atom is -0.462 e. The third kappa shape index (κ3) is 26.4. The largest absolute Gasteiger partial charge is 0.462 e. The Morgan fingerprint density at radius 1 is 0.585 bits per heavy atom. The first-order valence-corrected chi connectivity index (χ1v) is 21.1. The zero-order chi connectivity index (χ0) is 38.8. The van der Waals surface area contributed by atoms with Crippen LogP contribution in [0.5, 0.6) is 0 Å². The standard InChI is InChI=1S/C43H76O10/c1-3-5-7-9-11-13-15-17-18-20-21-23-25-27-29-31-38(45)50-34-36(35-51-43-42(49)41(48)40(47)37(33-44)53-43)52-39(46)32-30-28-26-24-22-19-16-14-12-10-8-6-4-2/h11,13,17-18,21,23,36-37,40-44,47-49H,3-10,12,14-16,19-20,22,24-35H2,1-2H3/b13-11+,18-17+,23-21+/t36-,37-,40+,41?,42?,43-/m0/s1. The molecule has 4 N–H and O–H groups in total. The van der Waals surface area contributed by atoms with E-state index in [1.807, 2.05) is 0 Å². The summed E-state index contributed by atoms with van der Waals surface area (Å²) in [6, 6.07) is 0. The van der Waals surface area contributed by atoms with Gasteiger partial charge in [0.1, 0.15) is 31.0 Å². The van der Waals surface area contributed by atoms with Crippen LogP contribution in [0.4, 0.5) is 0 Å². The quantitative estimate of drug-likeness (QED) is 0.0287. The van der Waals surface area contributed by atoms with E-state index in [0.717, 1.165) is 51.4 Å². The number of aliphatic hydroxyl groups is 4. The predicted octanol–water partition coefficient (Wildman–Crippen LogP) is 8.33. The third-order valence-corrected chi connectivity index (χ3v) is 9.53. The molecule has 0 bridgehead atoms. The number of rotatable bonds is 34. The van der Waals surface area contributed by atoms with Crippen molar-refractivity contribution in [3.8, 4) is 0 Å². The molecule has 1 aliphatic rings. The molecule has 0 aromatic heterocycles. The Hall–Kier alpha value is -2.08. The third-order valence-electron chi connectivity index (χ3n) is 9.53. The van der Waals surface area contributed by atoms with Crippen molar-refractivity contribution in [2.24, 2.45) is 0 Å². The highest BCUT2D eigenvalue weighted by atomic mass is 16.7. The molecule has 0 radical (unpaired) electrons. The summed E-state index contributed by atoms with van der Waals surface area (Å²) >= 11 is 0. The maximum atomic E-state index is 12.7. The van der Waals surface area contributed by atoms with Crippen molar-refractivity contribution < 1.29 is 49.0 Å². The van der Waals surface area contributed by atoms with Crippen LogP contribution in [0.15, 0.2) is 36.5 Å². The molecule has 1 fully saturated rings. The molecular formula is C43H76O10. The average Bonchev–Trinajstić information content (AvgIpc) is 3.15. The molecule has 0 saturated carbocycles. The van der Waals surface area contributed by atoms with Gasteiger partial charge in [-0.3, -0.25) is 9.59 Å². The van der Waals surface area contributed by atoms with Crippen molar-refractivity contribution >= 4 is 11.9 Å². The van der Waals surface area contributed by atoms with Crippen molar-refractivity contribution in [3.63, 3.8) is 0 Å². The lowest BCUT2D eigenvalue weighted by molar-refractivity contribution is -0.305. The monoisotopic (exact) mass is 753 g/mol. The molecule has 53 heavy (non-hydrogen) atoms. The van der Waals surface area contributed by atoms with E-state index >= 15 is 0 Å². The number of carbonyl (C=O) groups excluding carboxylic acids is 2. The van der Waals surface area contributed by atoms with Gasteiger partial charge >= 0.3 is 11.9 Å². The average molecular weight is 753 g/mol. The number of esters is 2. The molecule has 0 aromatic rings. The number of hydrogen-bond donors (Lipinski definition) is 4. The first-order chi connectivity index (χ1) is 25.8. The van der Waals surface area contributed by atoms with Crippen LogP contribution in [0.1, 0.15) is 168 Å². The Morgan fingerprint density at radius 3 is 1.62 bits per heavy atom. The smallest absolute Gasteiger partial charge is 0.306 e. The van der Waals surface area contributed by atoms with E-state index in [9.17, 15) is 30.0 Å². The van der Waals surface area contributed by atoms with Gasteiger partial charge in [-0.05, 0) is 51.4 Å². The number of unbranched alkanes of at least 4 members (excludes halogenated alkanes) is 17. The molecule has 0 spiro atoms. The van der Waals surface area contributed by atoms with Crippen LogP contribution in [0.2, 0.25) is 0 Å². The van der Waals surface area contributed by atoms with E-state index in [0.29, 0.717) is 12.8 Å².